The Morgan fingerprint density at radius 1 is 1.47 bits per heavy atom. The summed E-state index contributed by atoms with van der Waals surface area (Å²) in [4.78, 5) is 14.5. The third kappa shape index (κ3) is 3.04. The van der Waals surface area contributed by atoms with Gasteiger partial charge in [0.05, 0.1) is 13.7 Å². The van der Waals surface area contributed by atoms with Crippen LogP contribution in [0.4, 0.5) is 0 Å². The molecule has 1 aromatic carbocycles. The molecule has 0 amide bonds. The molecule has 0 saturated heterocycles. The predicted octanol–water partition coefficient (Wildman–Crippen LogP) is 1.57. The average molecular weight is 254 g/mol. The maximum atomic E-state index is 10.7. The zero-order valence-electron chi connectivity index (χ0n) is 9.24. The molecule has 1 aromatic heterocycles. The maximum Gasteiger partial charge on any atom is 0.150 e. The van der Waals surface area contributed by atoms with Crippen molar-refractivity contribution < 1.29 is 9.53 Å². The summed E-state index contributed by atoms with van der Waals surface area (Å²) in [7, 11) is 1.60. The molecular weight excluding hydrogens is 242 g/mol. The lowest BCUT2D eigenvalue weighted by molar-refractivity contribution is 0.112. The molecule has 0 radical (unpaired) electrons. The van der Waals surface area contributed by atoms with Gasteiger partial charge in [-0.1, -0.05) is 0 Å². The van der Waals surface area contributed by atoms with Crippen molar-refractivity contribution in [1.29, 1.82) is 0 Å². The van der Waals surface area contributed by atoms with Crippen LogP contribution in [0.2, 0.25) is 0 Å². The third-order valence-electron chi connectivity index (χ3n) is 2.24. The second-order valence-corrected chi connectivity index (χ2v) is 3.28. The summed E-state index contributed by atoms with van der Waals surface area (Å²) in [5.74, 6) is 0.737. The number of methoxy groups -OCH3 is 1. The van der Waals surface area contributed by atoms with Crippen molar-refractivity contribution in [3.63, 3.8) is 0 Å². The van der Waals surface area contributed by atoms with E-state index in [0.717, 1.165) is 17.6 Å². The zero-order chi connectivity index (χ0) is 11.4. The highest BCUT2D eigenvalue weighted by molar-refractivity contribution is 5.85. The van der Waals surface area contributed by atoms with Crippen molar-refractivity contribution >= 4 is 18.7 Å². The molecule has 17 heavy (non-hydrogen) atoms. The minimum atomic E-state index is 0. The first kappa shape index (κ1) is 13.2. The molecule has 0 aliphatic carbocycles. The second-order valence-electron chi connectivity index (χ2n) is 3.28. The van der Waals surface area contributed by atoms with Gasteiger partial charge in [-0.3, -0.25) is 4.79 Å². The SMILES string of the molecule is COc1ccc(C=O)cc1Cn1cncn1.Cl. The molecule has 0 unspecified atom stereocenters. The van der Waals surface area contributed by atoms with Crippen LogP contribution < -0.4 is 4.74 Å². The smallest absolute Gasteiger partial charge is 0.150 e. The number of benzene rings is 1. The number of nitrogens with zero attached hydrogens (tertiary/aromatic N) is 3. The van der Waals surface area contributed by atoms with Gasteiger partial charge < -0.3 is 4.74 Å². The molecule has 2 rings (SSSR count). The van der Waals surface area contributed by atoms with Crippen LogP contribution in [0.5, 0.6) is 5.75 Å². The Bertz CT molecular complexity index is 485. The number of aldehydes is 1. The topological polar surface area (TPSA) is 57.0 Å². The van der Waals surface area contributed by atoms with E-state index in [1.54, 1.807) is 36.3 Å². The lowest BCUT2D eigenvalue weighted by Gasteiger charge is -2.08. The van der Waals surface area contributed by atoms with Crippen LogP contribution in [0.1, 0.15) is 15.9 Å². The normalized spacial score (nSPS) is 9.47. The van der Waals surface area contributed by atoms with Gasteiger partial charge in [0.1, 0.15) is 24.7 Å². The fraction of sp³-hybridized carbons (Fsp3) is 0.182. The van der Waals surface area contributed by atoms with Crippen LogP contribution in [0.15, 0.2) is 30.9 Å². The first-order valence-electron chi connectivity index (χ1n) is 4.78. The Hall–Kier alpha value is -1.88. The summed E-state index contributed by atoms with van der Waals surface area (Å²) in [6, 6.07) is 5.28. The Labute approximate surface area is 105 Å². The highest BCUT2D eigenvalue weighted by Crippen LogP contribution is 2.19. The summed E-state index contributed by atoms with van der Waals surface area (Å²) >= 11 is 0. The predicted molar refractivity (Wildman–Crippen MR) is 64.8 cm³/mol. The standard InChI is InChI=1S/C11H11N3O2.ClH/c1-16-11-3-2-9(6-15)4-10(11)5-14-8-12-7-13-14;/h2-4,6-8H,5H2,1H3;1H. The number of carbonyl (C=O) groups is 1. The number of rotatable bonds is 4. The van der Waals surface area contributed by atoms with Crippen LogP contribution in [0.3, 0.4) is 0 Å². The lowest BCUT2D eigenvalue weighted by atomic mass is 10.1. The molecule has 90 valence electrons. The van der Waals surface area contributed by atoms with Crippen molar-refractivity contribution in [2.45, 2.75) is 6.54 Å². The molecule has 1 heterocycles. The van der Waals surface area contributed by atoms with E-state index in [1.807, 2.05) is 0 Å². The number of halogens is 1. The van der Waals surface area contributed by atoms with Crippen molar-refractivity contribution in [3.8, 4) is 5.75 Å². The summed E-state index contributed by atoms with van der Waals surface area (Å²) in [5.41, 5.74) is 1.52. The van der Waals surface area contributed by atoms with E-state index in [0.29, 0.717) is 12.1 Å². The molecule has 0 aliphatic heterocycles. The molecule has 0 spiro atoms. The highest BCUT2D eigenvalue weighted by Gasteiger charge is 2.05. The summed E-state index contributed by atoms with van der Waals surface area (Å²) < 4.78 is 6.89. The van der Waals surface area contributed by atoms with E-state index in [9.17, 15) is 4.79 Å². The maximum absolute atomic E-state index is 10.7. The van der Waals surface area contributed by atoms with Gasteiger partial charge in [0, 0.05) is 11.1 Å². The largest absolute Gasteiger partial charge is 0.496 e. The van der Waals surface area contributed by atoms with Crippen molar-refractivity contribution in [3.05, 3.63) is 42.0 Å². The third-order valence-corrected chi connectivity index (χ3v) is 2.24. The molecule has 0 saturated carbocycles. The average Bonchev–Trinajstić information content (AvgIpc) is 2.82. The van der Waals surface area contributed by atoms with E-state index in [4.69, 9.17) is 4.74 Å². The zero-order valence-corrected chi connectivity index (χ0v) is 10.1. The van der Waals surface area contributed by atoms with Crippen LogP contribution in [0, 0.1) is 0 Å². The molecule has 0 bridgehead atoms. The Morgan fingerprint density at radius 2 is 2.29 bits per heavy atom. The minimum Gasteiger partial charge on any atom is -0.496 e. The fourth-order valence-electron chi connectivity index (χ4n) is 1.48. The highest BCUT2D eigenvalue weighted by atomic mass is 35.5. The van der Waals surface area contributed by atoms with Crippen molar-refractivity contribution in [1.82, 2.24) is 14.8 Å². The van der Waals surface area contributed by atoms with Crippen LogP contribution in [-0.2, 0) is 6.54 Å². The van der Waals surface area contributed by atoms with E-state index in [1.165, 1.54) is 6.33 Å². The van der Waals surface area contributed by atoms with Gasteiger partial charge in [-0.15, -0.1) is 12.4 Å². The van der Waals surface area contributed by atoms with Crippen LogP contribution in [-0.4, -0.2) is 28.2 Å². The van der Waals surface area contributed by atoms with Gasteiger partial charge in [0.15, 0.2) is 0 Å². The van der Waals surface area contributed by atoms with Crippen LogP contribution >= 0.6 is 12.4 Å². The number of carbonyl (C=O) groups excluding carboxylic acids is 1. The Kier molecular flexibility index (Phi) is 4.66. The fourth-order valence-corrected chi connectivity index (χ4v) is 1.48. The van der Waals surface area contributed by atoms with Gasteiger partial charge in [0.25, 0.3) is 0 Å². The molecule has 0 aliphatic rings. The molecule has 0 fully saturated rings. The Balaban J connectivity index is 0.00000144. The summed E-state index contributed by atoms with van der Waals surface area (Å²) in [6.07, 6.45) is 3.90. The molecule has 0 N–H and O–H groups in total. The van der Waals surface area contributed by atoms with Gasteiger partial charge in [-0.2, -0.15) is 5.10 Å². The van der Waals surface area contributed by atoms with Crippen LogP contribution in [0.25, 0.3) is 0 Å². The van der Waals surface area contributed by atoms with E-state index in [-0.39, 0.29) is 12.4 Å². The minimum absolute atomic E-state index is 0. The number of ether oxygens (including phenoxy) is 1. The van der Waals surface area contributed by atoms with Gasteiger partial charge in [-0.25, -0.2) is 9.67 Å². The number of hydrogen-bond donors (Lipinski definition) is 0. The number of aromatic nitrogens is 3. The Morgan fingerprint density at radius 3 is 2.88 bits per heavy atom. The van der Waals surface area contributed by atoms with Gasteiger partial charge >= 0.3 is 0 Å². The quantitative estimate of drug-likeness (QED) is 0.776. The molecule has 5 nitrogen and oxygen atoms in total. The lowest BCUT2D eigenvalue weighted by Crippen LogP contribution is -2.03. The van der Waals surface area contributed by atoms with Crippen molar-refractivity contribution in [2.75, 3.05) is 7.11 Å². The van der Waals surface area contributed by atoms with E-state index < -0.39 is 0 Å². The summed E-state index contributed by atoms with van der Waals surface area (Å²) in [6.45, 7) is 0.533. The van der Waals surface area contributed by atoms with Crippen molar-refractivity contribution in [2.24, 2.45) is 0 Å². The molecular formula is C11H12ClN3O2. The first-order chi connectivity index (χ1) is 7.83. The van der Waals surface area contributed by atoms with E-state index >= 15 is 0 Å². The molecule has 6 heteroatoms. The second kappa shape index (κ2) is 6.00. The summed E-state index contributed by atoms with van der Waals surface area (Å²) in [5, 5.41) is 4.00. The van der Waals surface area contributed by atoms with Gasteiger partial charge in [-0.05, 0) is 18.2 Å². The van der Waals surface area contributed by atoms with Gasteiger partial charge in [0.2, 0.25) is 0 Å². The molecule has 0 atom stereocenters. The first-order valence-corrected chi connectivity index (χ1v) is 4.78. The molecule has 2 aromatic rings. The number of hydrogen-bond acceptors (Lipinski definition) is 4. The monoisotopic (exact) mass is 253 g/mol. The van der Waals surface area contributed by atoms with E-state index in [2.05, 4.69) is 10.1 Å².